The SMILES string of the molecule is CCCCCc1ccc(NCc2ccc3c(c2)Nc2nccnc2S3)cn1. The lowest BCUT2D eigenvalue weighted by molar-refractivity contribution is 0.707. The monoisotopic (exact) mass is 377 g/mol. The predicted octanol–water partition coefficient (Wildman–Crippen LogP) is 5.42. The summed E-state index contributed by atoms with van der Waals surface area (Å²) in [5.41, 5.74) is 4.51. The number of pyridine rings is 1. The molecule has 1 aliphatic rings. The zero-order valence-corrected chi connectivity index (χ0v) is 16.2. The van der Waals surface area contributed by atoms with E-state index in [4.69, 9.17) is 0 Å². The van der Waals surface area contributed by atoms with Crippen LogP contribution in [0.3, 0.4) is 0 Å². The van der Waals surface area contributed by atoms with Gasteiger partial charge in [0.05, 0.1) is 17.6 Å². The van der Waals surface area contributed by atoms with Crippen molar-refractivity contribution in [2.45, 2.75) is 49.1 Å². The third-order valence-electron chi connectivity index (χ3n) is 4.53. The van der Waals surface area contributed by atoms with Crippen molar-refractivity contribution in [1.82, 2.24) is 15.0 Å². The highest BCUT2D eigenvalue weighted by Gasteiger charge is 2.17. The van der Waals surface area contributed by atoms with E-state index in [0.717, 1.165) is 35.2 Å². The molecule has 0 saturated heterocycles. The molecule has 0 aliphatic carbocycles. The summed E-state index contributed by atoms with van der Waals surface area (Å²) in [5, 5.41) is 7.75. The molecule has 2 N–H and O–H groups in total. The van der Waals surface area contributed by atoms with Crippen LogP contribution in [0, 0.1) is 0 Å². The molecule has 4 rings (SSSR count). The smallest absolute Gasteiger partial charge is 0.163 e. The van der Waals surface area contributed by atoms with E-state index in [-0.39, 0.29) is 0 Å². The molecule has 3 aromatic rings. The third-order valence-corrected chi connectivity index (χ3v) is 5.59. The number of hydrogen-bond acceptors (Lipinski definition) is 6. The lowest BCUT2D eigenvalue weighted by Gasteiger charge is -2.19. The number of aryl methyl sites for hydroxylation is 1. The Morgan fingerprint density at radius 2 is 1.96 bits per heavy atom. The van der Waals surface area contributed by atoms with E-state index < -0.39 is 0 Å². The minimum atomic E-state index is 0.754. The Labute approximate surface area is 164 Å². The van der Waals surface area contributed by atoms with Crippen molar-refractivity contribution in [3.05, 3.63) is 60.2 Å². The van der Waals surface area contributed by atoms with Crippen molar-refractivity contribution in [1.29, 1.82) is 0 Å². The summed E-state index contributed by atoms with van der Waals surface area (Å²) in [6, 6.07) is 10.7. The van der Waals surface area contributed by atoms with Crippen molar-refractivity contribution >= 4 is 29.0 Å². The van der Waals surface area contributed by atoms with E-state index in [0.29, 0.717) is 0 Å². The molecule has 0 unspecified atom stereocenters. The summed E-state index contributed by atoms with van der Waals surface area (Å²) in [4.78, 5) is 14.5. The molecule has 138 valence electrons. The first-order chi connectivity index (χ1) is 13.3. The van der Waals surface area contributed by atoms with Gasteiger partial charge in [0, 0.05) is 29.5 Å². The van der Waals surface area contributed by atoms with E-state index in [9.17, 15) is 0 Å². The highest BCUT2D eigenvalue weighted by molar-refractivity contribution is 7.99. The summed E-state index contributed by atoms with van der Waals surface area (Å²) < 4.78 is 0. The van der Waals surface area contributed by atoms with Crippen LogP contribution in [0.4, 0.5) is 17.2 Å². The Bertz CT molecular complexity index is 911. The van der Waals surface area contributed by atoms with Gasteiger partial charge in [0.15, 0.2) is 5.82 Å². The van der Waals surface area contributed by atoms with Gasteiger partial charge in [-0.3, -0.25) is 4.98 Å². The molecule has 0 spiro atoms. The molecule has 0 fully saturated rings. The molecule has 0 radical (unpaired) electrons. The van der Waals surface area contributed by atoms with E-state index in [2.05, 4.69) is 62.8 Å². The lowest BCUT2D eigenvalue weighted by atomic mass is 10.1. The van der Waals surface area contributed by atoms with E-state index in [1.54, 1.807) is 24.2 Å². The second-order valence-electron chi connectivity index (χ2n) is 6.62. The standard InChI is InChI=1S/C21H23N5S/c1-2-3-4-5-16-7-8-17(14-25-16)24-13-15-6-9-19-18(12-15)26-20-21(27-19)23-11-10-22-20/h6-12,14,24H,2-5,13H2,1H3,(H,22,26). The Hall–Kier alpha value is -2.60. The van der Waals surface area contributed by atoms with Crippen molar-refractivity contribution in [2.24, 2.45) is 0 Å². The largest absolute Gasteiger partial charge is 0.380 e. The van der Waals surface area contributed by atoms with Crippen molar-refractivity contribution in [3.63, 3.8) is 0 Å². The fourth-order valence-corrected chi connectivity index (χ4v) is 3.91. The van der Waals surface area contributed by atoms with Gasteiger partial charge in [0.2, 0.25) is 0 Å². The van der Waals surface area contributed by atoms with Crippen LogP contribution in [0.1, 0.15) is 37.4 Å². The van der Waals surface area contributed by atoms with Crippen LogP contribution < -0.4 is 10.6 Å². The number of rotatable bonds is 7. The molecule has 0 saturated carbocycles. The third kappa shape index (κ3) is 4.39. The molecule has 6 heteroatoms. The highest BCUT2D eigenvalue weighted by Crippen LogP contribution is 2.42. The quantitative estimate of drug-likeness (QED) is 0.419. The maximum Gasteiger partial charge on any atom is 0.163 e. The number of benzene rings is 1. The topological polar surface area (TPSA) is 62.7 Å². The first kappa shape index (κ1) is 17.8. The van der Waals surface area contributed by atoms with Crippen LogP contribution >= 0.6 is 11.8 Å². The van der Waals surface area contributed by atoms with Crippen LogP contribution in [0.15, 0.2) is 58.8 Å². The number of nitrogens with one attached hydrogen (secondary N) is 2. The number of anilines is 3. The minimum absolute atomic E-state index is 0.754. The van der Waals surface area contributed by atoms with Gasteiger partial charge in [0.1, 0.15) is 5.03 Å². The van der Waals surface area contributed by atoms with Crippen LogP contribution in [0.2, 0.25) is 0 Å². The normalized spacial score (nSPS) is 12.0. The number of nitrogens with zero attached hydrogens (tertiary/aromatic N) is 3. The van der Waals surface area contributed by atoms with Gasteiger partial charge in [0.25, 0.3) is 0 Å². The van der Waals surface area contributed by atoms with Gasteiger partial charge in [-0.15, -0.1) is 0 Å². The molecular weight excluding hydrogens is 354 g/mol. The molecule has 2 aromatic heterocycles. The molecule has 1 aromatic carbocycles. The summed E-state index contributed by atoms with van der Waals surface area (Å²) in [6.45, 7) is 2.98. The van der Waals surface area contributed by atoms with Crippen LogP contribution in [0.25, 0.3) is 0 Å². The van der Waals surface area contributed by atoms with Crippen LogP contribution in [-0.2, 0) is 13.0 Å². The number of unbranched alkanes of at least 4 members (excludes halogenated alkanes) is 2. The zero-order chi connectivity index (χ0) is 18.5. The highest BCUT2D eigenvalue weighted by atomic mass is 32.2. The fraction of sp³-hybridized carbons (Fsp3) is 0.286. The Balaban J connectivity index is 1.37. The number of hydrogen-bond donors (Lipinski definition) is 2. The average Bonchev–Trinajstić information content (AvgIpc) is 2.71. The van der Waals surface area contributed by atoms with E-state index in [1.807, 2.05) is 6.20 Å². The summed E-state index contributed by atoms with van der Waals surface area (Å²) in [5.74, 6) is 0.822. The van der Waals surface area contributed by atoms with Gasteiger partial charge < -0.3 is 10.6 Å². The molecule has 3 heterocycles. The average molecular weight is 378 g/mol. The summed E-state index contributed by atoms with van der Waals surface area (Å²) >= 11 is 1.65. The first-order valence-corrected chi connectivity index (χ1v) is 10.2. The molecule has 1 aliphatic heterocycles. The second kappa shape index (κ2) is 8.39. The van der Waals surface area contributed by atoms with Crippen LogP contribution in [-0.4, -0.2) is 15.0 Å². The molecule has 0 atom stereocenters. The second-order valence-corrected chi connectivity index (χ2v) is 7.65. The molecule has 5 nitrogen and oxygen atoms in total. The Morgan fingerprint density at radius 1 is 1.04 bits per heavy atom. The van der Waals surface area contributed by atoms with Crippen molar-refractivity contribution in [2.75, 3.05) is 10.6 Å². The maximum atomic E-state index is 4.56. The Kier molecular flexibility index (Phi) is 5.53. The minimum Gasteiger partial charge on any atom is -0.380 e. The summed E-state index contributed by atoms with van der Waals surface area (Å²) in [7, 11) is 0. The van der Waals surface area contributed by atoms with E-state index >= 15 is 0 Å². The molecule has 0 bridgehead atoms. The Morgan fingerprint density at radius 3 is 2.81 bits per heavy atom. The predicted molar refractivity (Wildman–Crippen MR) is 111 cm³/mol. The van der Waals surface area contributed by atoms with Crippen LogP contribution in [0.5, 0.6) is 0 Å². The summed E-state index contributed by atoms with van der Waals surface area (Å²) in [6.07, 6.45) is 10.1. The van der Waals surface area contributed by atoms with Gasteiger partial charge in [-0.1, -0.05) is 37.6 Å². The number of aromatic nitrogens is 3. The van der Waals surface area contributed by atoms with Gasteiger partial charge in [-0.25, -0.2) is 9.97 Å². The molecule has 27 heavy (non-hydrogen) atoms. The number of fused-ring (bicyclic) bond motifs is 2. The van der Waals surface area contributed by atoms with Gasteiger partial charge in [-0.2, -0.15) is 0 Å². The van der Waals surface area contributed by atoms with Gasteiger partial charge in [-0.05, 0) is 42.7 Å². The lowest BCUT2D eigenvalue weighted by Crippen LogP contribution is -2.05. The van der Waals surface area contributed by atoms with Crippen molar-refractivity contribution in [3.8, 4) is 0 Å². The molecular formula is C21H23N5S. The van der Waals surface area contributed by atoms with E-state index in [1.165, 1.54) is 35.4 Å². The molecule has 0 amide bonds. The van der Waals surface area contributed by atoms with Crippen molar-refractivity contribution < 1.29 is 0 Å². The maximum absolute atomic E-state index is 4.56. The zero-order valence-electron chi connectivity index (χ0n) is 15.4. The fourth-order valence-electron chi connectivity index (χ4n) is 3.03. The van der Waals surface area contributed by atoms with Gasteiger partial charge >= 0.3 is 0 Å². The first-order valence-electron chi connectivity index (χ1n) is 9.39.